The molecule has 0 saturated heterocycles. The van der Waals surface area contributed by atoms with Gasteiger partial charge in [0.1, 0.15) is 0 Å². The summed E-state index contributed by atoms with van der Waals surface area (Å²) in [4.78, 5) is 18.2. The molecule has 1 aliphatic carbocycles. The van der Waals surface area contributed by atoms with Crippen molar-refractivity contribution < 1.29 is 0 Å². The van der Waals surface area contributed by atoms with Crippen LogP contribution in [0.4, 0.5) is 5.82 Å². The van der Waals surface area contributed by atoms with Gasteiger partial charge >= 0.3 is 0 Å². The first-order chi connectivity index (χ1) is 8.27. The molecule has 0 spiro atoms. The highest BCUT2D eigenvalue weighted by atomic mass is 16.1. The SMILES string of the molecule is CCN(CCC#N)c1nccn(C2CC2)c1=O. The summed E-state index contributed by atoms with van der Waals surface area (Å²) < 4.78 is 1.76. The molecule has 0 unspecified atom stereocenters. The summed E-state index contributed by atoms with van der Waals surface area (Å²) >= 11 is 0. The lowest BCUT2D eigenvalue weighted by Gasteiger charge is -2.20. The summed E-state index contributed by atoms with van der Waals surface area (Å²) in [7, 11) is 0. The van der Waals surface area contributed by atoms with Crippen LogP contribution in [0.2, 0.25) is 0 Å². The number of aromatic nitrogens is 2. The molecule has 2 rings (SSSR count). The van der Waals surface area contributed by atoms with Crippen molar-refractivity contribution in [3.8, 4) is 6.07 Å². The van der Waals surface area contributed by atoms with Crippen molar-refractivity contribution in [2.24, 2.45) is 0 Å². The minimum atomic E-state index is -0.0326. The third-order valence-electron chi connectivity index (χ3n) is 2.96. The van der Waals surface area contributed by atoms with Gasteiger partial charge in [-0.15, -0.1) is 0 Å². The predicted molar refractivity (Wildman–Crippen MR) is 64.9 cm³/mol. The highest BCUT2D eigenvalue weighted by Crippen LogP contribution is 2.33. The van der Waals surface area contributed by atoms with Crippen molar-refractivity contribution >= 4 is 5.82 Å². The molecular formula is C12H16N4O. The summed E-state index contributed by atoms with van der Waals surface area (Å²) in [5.74, 6) is 0.470. The average molecular weight is 232 g/mol. The Morgan fingerprint density at radius 3 is 3.00 bits per heavy atom. The third kappa shape index (κ3) is 2.47. The molecule has 1 aromatic heterocycles. The Hall–Kier alpha value is -1.83. The summed E-state index contributed by atoms with van der Waals surface area (Å²) in [5.41, 5.74) is -0.0326. The smallest absolute Gasteiger partial charge is 0.293 e. The first-order valence-electron chi connectivity index (χ1n) is 5.97. The van der Waals surface area contributed by atoms with E-state index in [-0.39, 0.29) is 5.56 Å². The lowest BCUT2D eigenvalue weighted by atomic mass is 10.4. The predicted octanol–water partition coefficient (Wildman–Crippen LogP) is 1.32. The van der Waals surface area contributed by atoms with Crippen molar-refractivity contribution in [2.75, 3.05) is 18.0 Å². The Bertz CT molecular complexity index is 484. The van der Waals surface area contributed by atoms with E-state index < -0.39 is 0 Å². The number of nitriles is 1. The molecule has 1 aromatic rings. The molecule has 0 N–H and O–H groups in total. The van der Waals surface area contributed by atoms with Crippen LogP contribution in [0.3, 0.4) is 0 Å². The Kier molecular flexibility index (Phi) is 3.43. The molecule has 1 fully saturated rings. The van der Waals surface area contributed by atoms with E-state index in [1.165, 1.54) is 0 Å². The van der Waals surface area contributed by atoms with E-state index in [2.05, 4.69) is 11.1 Å². The zero-order valence-corrected chi connectivity index (χ0v) is 9.96. The molecule has 90 valence electrons. The van der Waals surface area contributed by atoms with E-state index >= 15 is 0 Å². The molecule has 0 aromatic carbocycles. The average Bonchev–Trinajstić information content (AvgIpc) is 3.16. The maximum Gasteiger partial charge on any atom is 0.293 e. The second-order valence-electron chi connectivity index (χ2n) is 4.18. The van der Waals surface area contributed by atoms with Gasteiger partial charge in [-0.05, 0) is 19.8 Å². The number of anilines is 1. The van der Waals surface area contributed by atoms with Crippen molar-refractivity contribution in [2.45, 2.75) is 32.2 Å². The fourth-order valence-corrected chi connectivity index (χ4v) is 1.87. The molecule has 1 heterocycles. The van der Waals surface area contributed by atoms with E-state index in [0.29, 0.717) is 31.4 Å². The topological polar surface area (TPSA) is 61.9 Å². The fraction of sp³-hybridized carbons (Fsp3) is 0.583. The van der Waals surface area contributed by atoms with Crippen molar-refractivity contribution in [3.63, 3.8) is 0 Å². The maximum absolute atomic E-state index is 12.2. The van der Waals surface area contributed by atoms with Crippen molar-refractivity contribution in [3.05, 3.63) is 22.7 Å². The Morgan fingerprint density at radius 1 is 1.65 bits per heavy atom. The van der Waals surface area contributed by atoms with Crippen LogP contribution in [0, 0.1) is 11.3 Å². The Labute approximate surface area is 100 Å². The number of nitrogens with zero attached hydrogens (tertiary/aromatic N) is 4. The van der Waals surface area contributed by atoms with Crippen LogP contribution >= 0.6 is 0 Å². The monoisotopic (exact) mass is 232 g/mol. The summed E-state index contributed by atoms with van der Waals surface area (Å²) in [6, 6.07) is 2.45. The minimum Gasteiger partial charge on any atom is -0.351 e. The second-order valence-corrected chi connectivity index (χ2v) is 4.18. The molecule has 0 atom stereocenters. The summed E-state index contributed by atoms with van der Waals surface area (Å²) in [6.07, 6.45) is 5.99. The molecule has 5 heteroatoms. The molecule has 5 nitrogen and oxygen atoms in total. The van der Waals surface area contributed by atoms with Crippen LogP contribution in [0.25, 0.3) is 0 Å². The quantitative estimate of drug-likeness (QED) is 0.768. The molecule has 17 heavy (non-hydrogen) atoms. The molecule has 0 amide bonds. The zero-order valence-electron chi connectivity index (χ0n) is 9.96. The van der Waals surface area contributed by atoms with Crippen LogP contribution in [-0.2, 0) is 0 Å². The van der Waals surface area contributed by atoms with E-state index in [9.17, 15) is 4.79 Å². The van der Waals surface area contributed by atoms with Gasteiger partial charge in [-0.25, -0.2) is 4.98 Å². The molecule has 0 aliphatic heterocycles. The van der Waals surface area contributed by atoms with Crippen molar-refractivity contribution in [1.82, 2.24) is 9.55 Å². The van der Waals surface area contributed by atoms with Crippen LogP contribution in [0.15, 0.2) is 17.2 Å². The molecule has 1 aliphatic rings. The minimum absolute atomic E-state index is 0.0326. The summed E-state index contributed by atoms with van der Waals surface area (Å²) in [6.45, 7) is 3.22. The largest absolute Gasteiger partial charge is 0.351 e. The van der Waals surface area contributed by atoms with Crippen LogP contribution in [0.1, 0.15) is 32.2 Å². The van der Waals surface area contributed by atoms with Gasteiger partial charge in [0.2, 0.25) is 0 Å². The molecular weight excluding hydrogens is 216 g/mol. The number of rotatable bonds is 5. The summed E-state index contributed by atoms with van der Waals surface area (Å²) in [5, 5.41) is 8.60. The van der Waals surface area contributed by atoms with Crippen LogP contribution in [-0.4, -0.2) is 22.6 Å². The lowest BCUT2D eigenvalue weighted by Crippen LogP contribution is -2.33. The normalized spacial score (nSPS) is 14.4. The van der Waals surface area contributed by atoms with E-state index in [1.54, 1.807) is 17.0 Å². The van der Waals surface area contributed by atoms with Crippen LogP contribution < -0.4 is 10.5 Å². The first kappa shape index (κ1) is 11.6. The highest BCUT2D eigenvalue weighted by Gasteiger charge is 2.26. The maximum atomic E-state index is 12.2. The van der Waals surface area contributed by atoms with Gasteiger partial charge in [-0.2, -0.15) is 5.26 Å². The fourth-order valence-electron chi connectivity index (χ4n) is 1.87. The van der Waals surface area contributed by atoms with Gasteiger partial charge in [-0.3, -0.25) is 4.79 Å². The van der Waals surface area contributed by atoms with Gasteiger partial charge in [0.25, 0.3) is 5.56 Å². The van der Waals surface area contributed by atoms with Gasteiger partial charge < -0.3 is 9.47 Å². The van der Waals surface area contributed by atoms with E-state index in [1.807, 2.05) is 11.8 Å². The second kappa shape index (κ2) is 5.00. The first-order valence-corrected chi connectivity index (χ1v) is 5.97. The van der Waals surface area contributed by atoms with Gasteiger partial charge in [0, 0.05) is 31.5 Å². The van der Waals surface area contributed by atoms with E-state index in [4.69, 9.17) is 5.26 Å². The number of hydrogen-bond donors (Lipinski definition) is 0. The third-order valence-corrected chi connectivity index (χ3v) is 2.96. The molecule has 0 radical (unpaired) electrons. The Balaban J connectivity index is 2.27. The molecule has 0 bridgehead atoms. The van der Waals surface area contributed by atoms with Crippen molar-refractivity contribution in [1.29, 1.82) is 5.26 Å². The standard InChI is InChI=1S/C12H16N4O/c1-2-15(8-3-6-13)11-12(17)16(9-7-14-11)10-4-5-10/h7,9-10H,2-5,8H2,1H3. The Morgan fingerprint density at radius 2 is 2.41 bits per heavy atom. The van der Waals surface area contributed by atoms with E-state index in [0.717, 1.165) is 12.8 Å². The van der Waals surface area contributed by atoms with Gasteiger partial charge in [0.15, 0.2) is 5.82 Å². The van der Waals surface area contributed by atoms with Gasteiger partial charge in [-0.1, -0.05) is 0 Å². The highest BCUT2D eigenvalue weighted by molar-refractivity contribution is 5.35. The molecule has 1 saturated carbocycles. The van der Waals surface area contributed by atoms with Crippen LogP contribution in [0.5, 0.6) is 0 Å². The zero-order chi connectivity index (χ0) is 12.3. The number of hydrogen-bond acceptors (Lipinski definition) is 4. The van der Waals surface area contributed by atoms with Gasteiger partial charge in [0.05, 0.1) is 12.5 Å². The lowest BCUT2D eigenvalue weighted by molar-refractivity contribution is 0.684.